The van der Waals surface area contributed by atoms with Crippen LogP contribution in [-0.4, -0.2) is 60.9 Å². The van der Waals surface area contributed by atoms with Crippen molar-refractivity contribution in [2.45, 2.75) is 25.8 Å². The number of methoxy groups -OCH3 is 1. The van der Waals surface area contributed by atoms with Crippen molar-refractivity contribution < 1.29 is 14.3 Å². The predicted molar refractivity (Wildman–Crippen MR) is 95.4 cm³/mol. The zero-order valence-electron chi connectivity index (χ0n) is 14.2. The lowest BCUT2D eigenvalue weighted by Gasteiger charge is -2.35. The van der Waals surface area contributed by atoms with E-state index >= 15 is 0 Å². The number of halogens is 1. The van der Waals surface area contributed by atoms with Crippen molar-refractivity contribution in [3.8, 4) is 5.75 Å². The van der Waals surface area contributed by atoms with Crippen LogP contribution in [0.4, 0.5) is 0 Å². The lowest BCUT2D eigenvalue weighted by atomic mass is 10.1. The summed E-state index contributed by atoms with van der Waals surface area (Å²) in [6.45, 7) is 4.14. The van der Waals surface area contributed by atoms with Crippen molar-refractivity contribution in [2.24, 2.45) is 5.73 Å². The third-order valence-electron chi connectivity index (χ3n) is 3.97. The average molecular weight is 356 g/mol. The highest BCUT2D eigenvalue weighted by Crippen LogP contribution is 2.14. The first-order valence-corrected chi connectivity index (χ1v) is 7.93. The van der Waals surface area contributed by atoms with Gasteiger partial charge in [-0.2, -0.15) is 0 Å². The number of carbonyl (C=O) groups excluding carboxylic acids is 2. The maximum absolute atomic E-state index is 12.4. The van der Waals surface area contributed by atoms with Gasteiger partial charge in [-0.15, -0.1) is 12.4 Å². The second-order valence-electron chi connectivity index (χ2n) is 5.97. The summed E-state index contributed by atoms with van der Waals surface area (Å²) in [6, 6.07) is 7.40. The van der Waals surface area contributed by atoms with Crippen LogP contribution in [-0.2, 0) is 16.0 Å². The monoisotopic (exact) mass is 355 g/mol. The van der Waals surface area contributed by atoms with Gasteiger partial charge in [-0.3, -0.25) is 9.59 Å². The second-order valence-corrected chi connectivity index (χ2v) is 5.97. The first-order chi connectivity index (χ1) is 11.0. The highest BCUT2D eigenvalue weighted by Gasteiger charge is 2.24. The quantitative estimate of drug-likeness (QED) is 0.857. The van der Waals surface area contributed by atoms with Gasteiger partial charge in [0.1, 0.15) is 5.75 Å². The average Bonchev–Trinajstić information content (AvgIpc) is 2.54. The molecule has 2 rings (SSSR count). The summed E-state index contributed by atoms with van der Waals surface area (Å²) >= 11 is 0. The summed E-state index contributed by atoms with van der Waals surface area (Å²) in [5.74, 6) is 0.902. The van der Waals surface area contributed by atoms with Crippen LogP contribution in [0.3, 0.4) is 0 Å². The van der Waals surface area contributed by atoms with E-state index in [1.165, 1.54) is 0 Å². The van der Waals surface area contributed by atoms with Gasteiger partial charge in [-0.05, 0) is 24.6 Å². The standard InChI is InChI=1S/C17H25N3O3.ClH/c1-13(18)10-16(21)19-6-8-20(9-7-19)17(22)12-14-4-3-5-15(11-14)23-2;/h3-5,11,13H,6-10,12,18H2,1-2H3;1H. The molecule has 0 radical (unpaired) electrons. The maximum atomic E-state index is 12.4. The summed E-state index contributed by atoms with van der Waals surface area (Å²) in [7, 11) is 1.61. The summed E-state index contributed by atoms with van der Waals surface area (Å²) in [5, 5.41) is 0. The normalized spacial score (nSPS) is 15.5. The Morgan fingerprint density at radius 1 is 1.17 bits per heavy atom. The molecule has 1 fully saturated rings. The minimum absolute atomic E-state index is 0. The highest BCUT2D eigenvalue weighted by atomic mass is 35.5. The van der Waals surface area contributed by atoms with Gasteiger partial charge in [0.25, 0.3) is 0 Å². The third-order valence-corrected chi connectivity index (χ3v) is 3.97. The van der Waals surface area contributed by atoms with Crippen LogP contribution in [0, 0.1) is 0 Å². The fourth-order valence-electron chi connectivity index (χ4n) is 2.68. The number of hydrogen-bond acceptors (Lipinski definition) is 4. The molecule has 1 heterocycles. The molecular weight excluding hydrogens is 330 g/mol. The van der Waals surface area contributed by atoms with Crippen molar-refractivity contribution in [1.82, 2.24) is 9.80 Å². The van der Waals surface area contributed by atoms with Crippen LogP contribution >= 0.6 is 12.4 Å². The van der Waals surface area contributed by atoms with Crippen LogP contribution in [0.5, 0.6) is 5.75 Å². The Labute approximate surface area is 149 Å². The molecule has 1 aliphatic heterocycles. The number of nitrogens with two attached hydrogens (primary N) is 1. The molecule has 2 amide bonds. The van der Waals surface area contributed by atoms with E-state index < -0.39 is 0 Å². The van der Waals surface area contributed by atoms with Gasteiger partial charge in [-0.1, -0.05) is 12.1 Å². The Kier molecular flexibility index (Phi) is 8.01. The summed E-state index contributed by atoms with van der Waals surface area (Å²) in [6.07, 6.45) is 0.711. The molecule has 0 aliphatic carbocycles. The molecule has 1 aromatic rings. The highest BCUT2D eigenvalue weighted by molar-refractivity contribution is 5.85. The molecule has 0 bridgehead atoms. The number of amides is 2. The fraction of sp³-hybridized carbons (Fsp3) is 0.529. The molecule has 1 unspecified atom stereocenters. The van der Waals surface area contributed by atoms with E-state index in [9.17, 15) is 9.59 Å². The van der Waals surface area contributed by atoms with E-state index in [2.05, 4.69) is 0 Å². The van der Waals surface area contributed by atoms with Gasteiger partial charge in [-0.25, -0.2) is 0 Å². The third kappa shape index (κ3) is 5.69. The van der Waals surface area contributed by atoms with Gasteiger partial charge in [0.2, 0.25) is 11.8 Å². The van der Waals surface area contributed by atoms with Gasteiger partial charge in [0.05, 0.1) is 13.5 Å². The number of nitrogens with zero attached hydrogens (tertiary/aromatic N) is 2. The molecule has 1 aromatic carbocycles. The van der Waals surface area contributed by atoms with Crippen molar-refractivity contribution in [2.75, 3.05) is 33.3 Å². The minimum atomic E-state index is -0.129. The topological polar surface area (TPSA) is 75.9 Å². The van der Waals surface area contributed by atoms with E-state index in [0.29, 0.717) is 39.0 Å². The van der Waals surface area contributed by atoms with Crippen molar-refractivity contribution in [1.29, 1.82) is 0 Å². The van der Waals surface area contributed by atoms with Crippen LogP contribution in [0.2, 0.25) is 0 Å². The summed E-state index contributed by atoms with van der Waals surface area (Å²) < 4.78 is 5.17. The Bertz CT molecular complexity index is 558. The minimum Gasteiger partial charge on any atom is -0.497 e. The van der Waals surface area contributed by atoms with Crippen LogP contribution in [0.25, 0.3) is 0 Å². The SMILES string of the molecule is COc1cccc(CC(=O)N2CCN(C(=O)CC(C)N)CC2)c1.Cl. The zero-order chi connectivity index (χ0) is 16.8. The number of benzene rings is 1. The summed E-state index contributed by atoms with van der Waals surface area (Å²) in [5.41, 5.74) is 6.60. The molecule has 1 aliphatic rings. The lowest BCUT2D eigenvalue weighted by molar-refractivity contribution is -0.139. The Balaban J connectivity index is 0.00000288. The number of rotatable bonds is 5. The Hall–Kier alpha value is -1.79. The molecule has 7 heteroatoms. The van der Waals surface area contributed by atoms with E-state index in [1.54, 1.807) is 12.0 Å². The first-order valence-electron chi connectivity index (χ1n) is 7.93. The molecule has 0 aromatic heterocycles. The van der Waals surface area contributed by atoms with E-state index in [-0.39, 0.29) is 30.3 Å². The largest absolute Gasteiger partial charge is 0.497 e. The lowest BCUT2D eigenvalue weighted by Crippen LogP contribution is -2.51. The molecule has 24 heavy (non-hydrogen) atoms. The number of ether oxygens (including phenoxy) is 1. The summed E-state index contributed by atoms with van der Waals surface area (Å²) in [4.78, 5) is 28.0. The van der Waals surface area contributed by atoms with Crippen molar-refractivity contribution >= 4 is 24.2 Å². The Morgan fingerprint density at radius 3 is 2.29 bits per heavy atom. The van der Waals surface area contributed by atoms with Gasteiger partial charge in [0, 0.05) is 38.6 Å². The fourth-order valence-corrected chi connectivity index (χ4v) is 2.68. The maximum Gasteiger partial charge on any atom is 0.227 e. The molecule has 134 valence electrons. The van der Waals surface area contributed by atoms with Crippen LogP contribution in [0.15, 0.2) is 24.3 Å². The molecular formula is C17H26ClN3O3. The van der Waals surface area contributed by atoms with Crippen LogP contribution in [0.1, 0.15) is 18.9 Å². The molecule has 1 atom stereocenters. The molecule has 1 saturated heterocycles. The van der Waals surface area contributed by atoms with Gasteiger partial charge < -0.3 is 20.3 Å². The Morgan fingerprint density at radius 2 is 1.75 bits per heavy atom. The van der Waals surface area contributed by atoms with E-state index in [1.807, 2.05) is 36.1 Å². The molecule has 2 N–H and O–H groups in total. The van der Waals surface area contributed by atoms with Crippen molar-refractivity contribution in [3.05, 3.63) is 29.8 Å². The predicted octanol–water partition coefficient (Wildman–Crippen LogP) is 1.07. The smallest absolute Gasteiger partial charge is 0.227 e. The van der Waals surface area contributed by atoms with E-state index in [0.717, 1.165) is 11.3 Å². The number of carbonyl (C=O) groups is 2. The van der Waals surface area contributed by atoms with Crippen LogP contribution < -0.4 is 10.5 Å². The van der Waals surface area contributed by atoms with E-state index in [4.69, 9.17) is 10.5 Å². The van der Waals surface area contributed by atoms with Gasteiger partial charge >= 0.3 is 0 Å². The number of piperazine rings is 1. The number of hydrogen-bond donors (Lipinski definition) is 1. The molecule has 0 saturated carbocycles. The molecule has 0 spiro atoms. The first kappa shape index (κ1) is 20.3. The second kappa shape index (κ2) is 9.49. The zero-order valence-corrected chi connectivity index (χ0v) is 15.1. The van der Waals surface area contributed by atoms with Crippen molar-refractivity contribution in [3.63, 3.8) is 0 Å². The van der Waals surface area contributed by atoms with Gasteiger partial charge in [0.15, 0.2) is 0 Å². The molecule has 6 nitrogen and oxygen atoms in total.